The second kappa shape index (κ2) is 4.95. The van der Waals surface area contributed by atoms with Crippen LogP contribution in [-0.4, -0.2) is 28.5 Å². The maximum absolute atomic E-state index is 14.0. The Morgan fingerprint density at radius 2 is 2.50 bits per heavy atom. The first-order valence-corrected chi connectivity index (χ1v) is 6.10. The average Bonchev–Trinajstić information content (AvgIpc) is 2.88. The molecule has 2 atom stereocenters. The summed E-state index contributed by atoms with van der Waals surface area (Å²) in [4.78, 5) is 0. The summed E-state index contributed by atoms with van der Waals surface area (Å²) >= 11 is 0. The molecular weight excluding hydrogens is 205 g/mol. The van der Waals surface area contributed by atoms with E-state index in [4.69, 9.17) is 0 Å². The van der Waals surface area contributed by atoms with Crippen LogP contribution in [0, 0.1) is 0 Å². The first kappa shape index (κ1) is 11.6. The lowest BCUT2D eigenvalue weighted by atomic mass is 10.1. The van der Waals surface area contributed by atoms with Gasteiger partial charge in [-0.3, -0.25) is 4.68 Å². The van der Waals surface area contributed by atoms with E-state index in [1.165, 1.54) is 0 Å². The van der Waals surface area contributed by atoms with E-state index >= 15 is 0 Å². The Bertz CT molecular complexity index is 342. The van der Waals surface area contributed by atoms with Gasteiger partial charge in [-0.05, 0) is 31.9 Å². The van der Waals surface area contributed by atoms with Crippen LogP contribution in [0.25, 0.3) is 0 Å². The van der Waals surface area contributed by atoms with Gasteiger partial charge in [0, 0.05) is 25.2 Å². The van der Waals surface area contributed by atoms with Gasteiger partial charge in [-0.2, -0.15) is 5.10 Å². The minimum atomic E-state index is -0.789. The largest absolute Gasteiger partial charge is 0.311 e. The molecule has 3 nitrogen and oxygen atoms in total. The molecular formula is C12H20FN3. The van der Waals surface area contributed by atoms with Crippen LogP contribution in [0.5, 0.6) is 0 Å². The third-order valence-corrected chi connectivity index (χ3v) is 3.33. The molecule has 1 aromatic heterocycles. The summed E-state index contributed by atoms with van der Waals surface area (Å²) in [6.45, 7) is 3.02. The summed E-state index contributed by atoms with van der Waals surface area (Å²) in [6, 6.07) is 2.06. The molecule has 1 aliphatic rings. The smallest absolute Gasteiger partial charge is 0.121 e. The summed E-state index contributed by atoms with van der Waals surface area (Å²) in [5, 5.41) is 7.55. The highest BCUT2D eigenvalue weighted by molar-refractivity contribution is 5.11. The number of rotatable bonds is 4. The predicted molar refractivity (Wildman–Crippen MR) is 62.2 cm³/mol. The van der Waals surface area contributed by atoms with Crippen molar-refractivity contribution < 1.29 is 4.39 Å². The lowest BCUT2D eigenvalue weighted by Crippen LogP contribution is -2.33. The fraction of sp³-hybridized carbons (Fsp3) is 0.750. The van der Waals surface area contributed by atoms with E-state index < -0.39 is 6.17 Å². The van der Waals surface area contributed by atoms with Crippen LogP contribution in [-0.2, 0) is 19.9 Å². The number of aryl methyl sites for hydroxylation is 2. The number of nitrogens with one attached hydrogen (secondary N) is 1. The van der Waals surface area contributed by atoms with Gasteiger partial charge in [-0.1, -0.05) is 6.92 Å². The van der Waals surface area contributed by atoms with Gasteiger partial charge in [0.2, 0.25) is 0 Å². The molecule has 2 unspecified atom stereocenters. The molecule has 0 bridgehead atoms. The quantitative estimate of drug-likeness (QED) is 0.843. The molecule has 1 aliphatic heterocycles. The van der Waals surface area contributed by atoms with Crippen LogP contribution in [0.3, 0.4) is 0 Å². The zero-order valence-electron chi connectivity index (χ0n) is 10.0. The topological polar surface area (TPSA) is 29.9 Å². The SMILES string of the molecule is CCc1cc(CC(F)C2CCCN2)n(C)n1. The minimum absolute atomic E-state index is 0.0416. The van der Waals surface area contributed by atoms with Crippen molar-refractivity contribution in [3.8, 4) is 0 Å². The van der Waals surface area contributed by atoms with Crippen LogP contribution >= 0.6 is 0 Å². The molecule has 2 rings (SSSR count). The van der Waals surface area contributed by atoms with Crippen molar-refractivity contribution in [3.63, 3.8) is 0 Å². The molecule has 0 radical (unpaired) electrons. The third-order valence-electron chi connectivity index (χ3n) is 3.33. The van der Waals surface area contributed by atoms with Crippen molar-refractivity contribution in [3.05, 3.63) is 17.5 Å². The fourth-order valence-corrected chi connectivity index (χ4v) is 2.30. The summed E-state index contributed by atoms with van der Waals surface area (Å²) in [7, 11) is 1.89. The van der Waals surface area contributed by atoms with Gasteiger partial charge in [-0.15, -0.1) is 0 Å². The molecule has 0 spiro atoms. The normalized spacial score (nSPS) is 22.6. The Labute approximate surface area is 96.0 Å². The van der Waals surface area contributed by atoms with Crippen LogP contribution in [0.4, 0.5) is 4.39 Å². The van der Waals surface area contributed by atoms with Crippen LogP contribution in [0.2, 0.25) is 0 Å². The fourth-order valence-electron chi connectivity index (χ4n) is 2.30. The average molecular weight is 225 g/mol. The molecule has 90 valence electrons. The van der Waals surface area contributed by atoms with Gasteiger partial charge < -0.3 is 5.32 Å². The van der Waals surface area contributed by atoms with E-state index in [9.17, 15) is 4.39 Å². The molecule has 1 N–H and O–H groups in total. The maximum Gasteiger partial charge on any atom is 0.121 e. The van der Waals surface area contributed by atoms with Crippen molar-refractivity contribution in [2.75, 3.05) is 6.54 Å². The van der Waals surface area contributed by atoms with Crippen molar-refractivity contribution in [2.24, 2.45) is 7.05 Å². The lowest BCUT2D eigenvalue weighted by molar-refractivity contribution is 0.260. The van der Waals surface area contributed by atoms with Gasteiger partial charge in [0.15, 0.2) is 0 Å². The molecule has 0 aliphatic carbocycles. The van der Waals surface area contributed by atoms with Crippen LogP contribution in [0.15, 0.2) is 6.07 Å². The first-order valence-electron chi connectivity index (χ1n) is 6.10. The second-order valence-corrected chi connectivity index (χ2v) is 4.53. The molecule has 2 heterocycles. The third kappa shape index (κ3) is 2.43. The number of alkyl halides is 1. The number of hydrogen-bond acceptors (Lipinski definition) is 2. The van der Waals surface area contributed by atoms with E-state index in [-0.39, 0.29) is 6.04 Å². The Hall–Kier alpha value is -0.900. The number of halogens is 1. The highest BCUT2D eigenvalue weighted by atomic mass is 19.1. The summed E-state index contributed by atoms with van der Waals surface area (Å²) in [6.07, 6.45) is 2.65. The van der Waals surface area contributed by atoms with Crippen molar-refractivity contribution in [2.45, 2.75) is 44.8 Å². The first-order chi connectivity index (χ1) is 7.70. The Balaban J connectivity index is 1.99. The molecule has 0 aromatic carbocycles. The standard InChI is InChI=1S/C12H20FN3/c1-3-9-7-10(16(2)15-9)8-11(13)12-5-4-6-14-12/h7,11-12,14H,3-6,8H2,1-2H3. The van der Waals surface area contributed by atoms with Crippen molar-refractivity contribution >= 4 is 0 Å². The number of hydrogen-bond donors (Lipinski definition) is 1. The molecule has 0 amide bonds. The zero-order valence-corrected chi connectivity index (χ0v) is 10.0. The molecule has 4 heteroatoms. The molecule has 1 fully saturated rings. The van der Waals surface area contributed by atoms with E-state index in [1.807, 2.05) is 13.1 Å². The second-order valence-electron chi connectivity index (χ2n) is 4.53. The van der Waals surface area contributed by atoms with E-state index in [0.29, 0.717) is 6.42 Å². The van der Waals surface area contributed by atoms with E-state index in [1.54, 1.807) is 4.68 Å². The van der Waals surface area contributed by atoms with E-state index in [0.717, 1.165) is 37.2 Å². The molecule has 0 saturated carbocycles. The van der Waals surface area contributed by atoms with Crippen LogP contribution in [0.1, 0.15) is 31.2 Å². The number of nitrogens with zero attached hydrogens (tertiary/aromatic N) is 2. The molecule has 1 saturated heterocycles. The summed E-state index contributed by atoms with van der Waals surface area (Å²) < 4.78 is 15.8. The van der Waals surface area contributed by atoms with Gasteiger partial charge in [-0.25, -0.2) is 4.39 Å². The van der Waals surface area contributed by atoms with Gasteiger partial charge in [0.05, 0.1) is 5.69 Å². The van der Waals surface area contributed by atoms with Gasteiger partial charge in [0.25, 0.3) is 0 Å². The Kier molecular flexibility index (Phi) is 3.59. The van der Waals surface area contributed by atoms with E-state index in [2.05, 4.69) is 17.3 Å². The predicted octanol–water partition coefficient (Wildman–Crippen LogP) is 1.62. The summed E-state index contributed by atoms with van der Waals surface area (Å²) in [5.74, 6) is 0. The van der Waals surface area contributed by atoms with Gasteiger partial charge >= 0.3 is 0 Å². The monoisotopic (exact) mass is 225 g/mol. The molecule has 1 aromatic rings. The van der Waals surface area contributed by atoms with Crippen molar-refractivity contribution in [1.29, 1.82) is 0 Å². The van der Waals surface area contributed by atoms with Crippen molar-refractivity contribution in [1.82, 2.24) is 15.1 Å². The zero-order chi connectivity index (χ0) is 11.5. The summed E-state index contributed by atoms with van der Waals surface area (Å²) in [5.41, 5.74) is 2.04. The number of aromatic nitrogens is 2. The lowest BCUT2D eigenvalue weighted by Gasteiger charge is -2.15. The highest BCUT2D eigenvalue weighted by Crippen LogP contribution is 2.17. The van der Waals surface area contributed by atoms with Gasteiger partial charge in [0.1, 0.15) is 6.17 Å². The minimum Gasteiger partial charge on any atom is -0.311 e. The molecule has 16 heavy (non-hydrogen) atoms. The maximum atomic E-state index is 14.0. The van der Waals surface area contributed by atoms with Crippen LogP contribution < -0.4 is 5.32 Å². The Morgan fingerprint density at radius 1 is 1.69 bits per heavy atom. The Morgan fingerprint density at radius 3 is 3.06 bits per heavy atom. The highest BCUT2D eigenvalue weighted by Gasteiger charge is 2.25.